The van der Waals surface area contributed by atoms with E-state index in [0.717, 1.165) is 5.56 Å². The number of benzene rings is 2. The minimum absolute atomic E-state index is 0.273. The van der Waals surface area contributed by atoms with Crippen LogP contribution in [0.25, 0.3) is 0 Å². The monoisotopic (exact) mass is 370 g/mol. The lowest BCUT2D eigenvalue weighted by molar-refractivity contribution is -0.138. The van der Waals surface area contributed by atoms with E-state index in [-0.39, 0.29) is 12.5 Å². The van der Waals surface area contributed by atoms with Gasteiger partial charge in [-0.25, -0.2) is 0 Å². The number of hydrogen-bond donors (Lipinski definition) is 2. The topological polar surface area (TPSA) is 76.7 Å². The molecule has 2 aromatic rings. The predicted octanol–water partition coefficient (Wildman–Crippen LogP) is 3.38. The first-order chi connectivity index (χ1) is 12.9. The van der Waals surface area contributed by atoms with Crippen molar-refractivity contribution in [3.8, 4) is 11.5 Å². The summed E-state index contributed by atoms with van der Waals surface area (Å²) < 4.78 is 10.8. The molecule has 0 atom stereocenters. The van der Waals surface area contributed by atoms with Crippen molar-refractivity contribution in [3.05, 3.63) is 54.1 Å². The number of rotatable bonds is 8. The Balaban J connectivity index is 2.05. The van der Waals surface area contributed by atoms with Gasteiger partial charge in [0.15, 0.2) is 0 Å². The average molecular weight is 370 g/mol. The number of carbonyl (C=O) groups excluding carboxylic acids is 2. The van der Waals surface area contributed by atoms with Crippen LogP contribution in [0, 0.1) is 5.41 Å². The summed E-state index contributed by atoms with van der Waals surface area (Å²) in [4.78, 5) is 25.4. The number of ether oxygens (including phenoxy) is 2. The lowest BCUT2D eigenvalue weighted by Gasteiger charge is -2.23. The Morgan fingerprint density at radius 3 is 2.26 bits per heavy atom. The van der Waals surface area contributed by atoms with Crippen molar-refractivity contribution < 1.29 is 19.1 Å². The molecule has 0 radical (unpaired) electrons. The summed E-state index contributed by atoms with van der Waals surface area (Å²) in [5.74, 6) is 0.469. The van der Waals surface area contributed by atoms with E-state index in [1.54, 1.807) is 39.2 Å². The quantitative estimate of drug-likeness (QED) is 0.699. The Kier molecular flexibility index (Phi) is 6.82. The molecule has 6 nitrogen and oxygen atoms in total. The summed E-state index contributed by atoms with van der Waals surface area (Å²) in [6.07, 6.45) is 0. The van der Waals surface area contributed by atoms with Gasteiger partial charge in [0, 0.05) is 12.1 Å². The second-order valence-corrected chi connectivity index (χ2v) is 6.50. The third-order valence-corrected chi connectivity index (χ3v) is 4.20. The standard InChI is InChI=1S/C21H26N2O4/c1-5-27-18-13-9-7-11-16(18)23-20(25)21(2,3)19(24)22-14-15-10-6-8-12-17(15)26-4/h6-13H,5,14H2,1-4H3,(H,22,24)(H,23,25). The van der Waals surface area contributed by atoms with Crippen LogP contribution in [0.4, 0.5) is 5.69 Å². The molecule has 0 saturated heterocycles. The maximum Gasteiger partial charge on any atom is 0.239 e. The number of carbonyl (C=O) groups is 2. The second kappa shape index (κ2) is 9.07. The van der Waals surface area contributed by atoms with E-state index in [1.165, 1.54) is 0 Å². The number of methoxy groups -OCH3 is 1. The van der Waals surface area contributed by atoms with Gasteiger partial charge in [-0.2, -0.15) is 0 Å². The van der Waals surface area contributed by atoms with Gasteiger partial charge in [0.05, 0.1) is 19.4 Å². The molecule has 144 valence electrons. The van der Waals surface area contributed by atoms with Crippen molar-refractivity contribution in [2.75, 3.05) is 19.0 Å². The summed E-state index contributed by atoms with van der Waals surface area (Å²) in [7, 11) is 1.58. The minimum atomic E-state index is -1.26. The third-order valence-electron chi connectivity index (χ3n) is 4.20. The first kappa shape index (κ1) is 20.3. The number of hydrogen-bond acceptors (Lipinski definition) is 4. The van der Waals surface area contributed by atoms with Crippen LogP contribution in [-0.2, 0) is 16.1 Å². The molecule has 0 bridgehead atoms. The van der Waals surface area contributed by atoms with Crippen LogP contribution >= 0.6 is 0 Å². The summed E-state index contributed by atoms with van der Waals surface area (Å²) >= 11 is 0. The smallest absolute Gasteiger partial charge is 0.239 e. The Morgan fingerprint density at radius 2 is 1.59 bits per heavy atom. The molecule has 0 fully saturated rings. The zero-order valence-electron chi connectivity index (χ0n) is 16.2. The molecule has 2 amide bonds. The average Bonchev–Trinajstić information content (AvgIpc) is 2.67. The van der Waals surface area contributed by atoms with Crippen LogP contribution in [0.3, 0.4) is 0 Å². The molecule has 2 rings (SSSR count). The van der Waals surface area contributed by atoms with E-state index >= 15 is 0 Å². The van der Waals surface area contributed by atoms with E-state index in [2.05, 4.69) is 10.6 Å². The van der Waals surface area contributed by atoms with Gasteiger partial charge in [-0.1, -0.05) is 30.3 Å². The van der Waals surface area contributed by atoms with Crippen LogP contribution in [0.2, 0.25) is 0 Å². The number of anilines is 1. The highest BCUT2D eigenvalue weighted by molar-refractivity contribution is 6.10. The SMILES string of the molecule is CCOc1ccccc1NC(=O)C(C)(C)C(=O)NCc1ccccc1OC. The van der Waals surface area contributed by atoms with Gasteiger partial charge in [-0.15, -0.1) is 0 Å². The van der Waals surface area contributed by atoms with E-state index in [0.29, 0.717) is 23.8 Å². The lowest BCUT2D eigenvalue weighted by Crippen LogP contribution is -2.44. The van der Waals surface area contributed by atoms with Gasteiger partial charge in [-0.05, 0) is 39.0 Å². The first-order valence-electron chi connectivity index (χ1n) is 8.83. The summed E-state index contributed by atoms with van der Waals surface area (Å²) in [5, 5.41) is 5.60. The molecule has 0 aliphatic carbocycles. The highest BCUT2D eigenvalue weighted by Crippen LogP contribution is 2.27. The molecule has 0 heterocycles. The van der Waals surface area contributed by atoms with Crippen LogP contribution in [0.5, 0.6) is 11.5 Å². The third kappa shape index (κ3) is 5.00. The normalized spacial score (nSPS) is 10.8. The van der Waals surface area contributed by atoms with Gasteiger partial charge in [0.2, 0.25) is 11.8 Å². The predicted molar refractivity (Wildman–Crippen MR) is 105 cm³/mol. The zero-order valence-corrected chi connectivity index (χ0v) is 16.2. The van der Waals surface area contributed by atoms with E-state index < -0.39 is 11.3 Å². The minimum Gasteiger partial charge on any atom is -0.496 e. The zero-order chi connectivity index (χ0) is 19.9. The largest absolute Gasteiger partial charge is 0.496 e. The Bertz CT molecular complexity index is 802. The Morgan fingerprint density at radius 1 is 0.963 bits per heavy atom. The van der Waals surface area contributed by atoms with Crippen LogP contribution in [0.15, 0.2) is 48.5 Å². The molecule has 0 aromatic heterocycles. The fourth-order valence-electron chi connectivity index (χ4n) is 2.48. The van der Waals surface area contributed by atoms with Gasteiger partial charge in [0.25, 0.3) is 0 Å². The maximum absolute atomic E-state index is 12.7. The molecule has 0 saturated carbocycles. The lowest BCUT2D eigenvalue weighted by atomic mass is 9.90. The Hall–Kier alpha value is -3.02. The molecule has 2 aromatic carbocycles. The van der Waals surface area contributed by atoms with Crippen LogP contribution < -0.4 is 20.1 Å². The van der Waals surface area contributed by atoms with E-state index in [4.69, 9.17) is 9.47 Å². The molecular weight excluding hydrogens is 344 g/mol. The Labute approximate surface area is 159 Å². The van der Waals surface area contributed by atoms with Crippen molar-refractivity contribution in [2.24, 2.45) is 5.41 Å². The first-order valence-corrected chi connectivity index (χ1v) is 8.83. The molecule has 6 heteroatoms. The van der Waals surface area contributed by atoms with Crippen LogP contribution in [-0.4, -0.2) is 25.5 Å². The highest BCUT2D eigenvalue weighted by Gasteiger charge is 2.36. The van der Waals surface area contributed by atoms with Gasteiger partial charge in [0.1, 0.15) is 16.9 Å². The second-order valence-electron chi connectivity index (χ2n) is 6.50. The van der Waals surface area contributed by atoms with Crippen molar-refractivity contribution in [2.45, 2.75) is 27.3 Å². The molecule has 0 aliphatic heterocycles. The molecular formula is C21H26N2O4. The fraction of sp³-hybridized carbons (Fsp3) is 0.333. The highest BCUT2D eigenvalue weighted by atomic mass is 16.5. The van der Waals surface area contributed by atoms with Gasteiger partial charge < -0.3 is 20.1 Å². The van der Waals surface area contributed by atoms with Gasteiger partial charge >= 0.3 is 0 Å². The van der Waals surface area contributed by atoms with Gasteiger partial charge in [-0.3, -0.25) is 9.59 Å². The summed E-state index contributed by atoms with van der Waals surface area (Å²) in [6, 6.07) is 14.6. The van der Waals surface area contributed by atoms with E-state index in [1.807, 2.05) is 37.3 Å². The molecule has 27 heavy (non-hydrogen) atoms. The van der Waals surface area contributed by atoms with Crippen LogP contribution in [0.1, 0.15) is 26.3 Å². The van der Waals surface area contributed by atoms with Crippen molar-refractivity contribution in [3.63, 3.8) is 0 Å². The number of nitrogens with one attached hydrogen (secondary N) is 2. The van der Waals surface area contributed by atoms with E-state index in [9.17, 15) is 9.59 Å². The number of amides is 2. The van der Waals surface area contributed by atoms with Crippen molar-refractivity contribution in [1.82, 2.24) is 5.32 Å². The maximum atomic E-state index is 12.7. The fourth-order valence-corrected chi connectivity index (χ4v) is 2.48. The molecule has 2 N–H and O–H groups in total. The summed E-state index contributed by atoms with van der Waals surface area (Å²) in [6.45, 7) is 5.80. The number of para-hydroxylation sites is 3. The molecule has 0 spiro atoms. The summed E-state index contributed by atoms with van der Waals surface area (Å²) in [5.41, 5.74) is 0.114. The van der Waals surface area contributed by atoms with Crippen molar-refractivity contribution in [1.29, 1.82) is 0 Å². The molecule has 0 aliphatic rings. The molecule has 0 unspecified atom stereocenters. The van der Waals surface area contributed by atoms with Crippen molar-refractivity contribution >= 4 is 17.5 Å².